The van der Waals surface area contributed by atoms with Crippen molar-refractivity contribution in [3.8, 4) is 0 Å². The molecule has 0 spiro atoms. The summed E-state index contributed by atoms with van der Waals surface area (Å²) in [6, 6.07) is 1.12. The van der Waals surface area contributed by atoms with Gasteiger partial charge in [0.25, 0.3) is 0 Å². The highest BCUT2D eigenvalue weighted by atomic mass is 35.5. The maximum atomic E-state index is 12.8. The van der Waals surface area contributed by atoms with E-state index in [4.69, 9.17) is 23.1 Å². The van der Waals surface area contributed by atoms with Crippen molar-refractivity contribution in [2.75, 3.05) is 18.8 Å². The van der Waals surface area contributed by atoms with Crippen molar-refractivity contribution in [3.05, 3.63) is 17.3 Å². The van der Waals surface area contributed by atoms with Gasteiger partial charge in [0, 0.05) is 25.3 Å². The monoisotopic (exact) mass is 318 g/mol. The first kappa shape index (κ1) is 15.5. The zero-order chi connectivity index (χ0) is 14.9. The van der Waals surface area contributed by atoms with E-state index < -0.39 is 10.0 Å². The minimum Gasteiger partial charge on any atom is -0.383 e. The highest BCUT2D eigenvalue weighted by molar-refractivity contribution is 7.89. The number of anilines is 1. The Balaban J connectivity index is 2.45. The van der Waals surface area contributed by atoms with Crippen LogP contribution in [0.2, 0.25) is 5.02 Å². The van der Waals surface area contributed by atoms with Gasteiger partial charge in [-0.25, -0.2) is 13.4 Å². The summed E-state index contributed by atoms with van der Waals surface area (Å²) < 4.78 is 27.0. The van der Waals surface area contributed by atoms with Gasteiger partial charge in [0.1, 0.15) is 10.7 Å². The lowest BCUT2D eigenvalue weighted by Crippen LogP contribution is -2.51. The number of nitrogen functional groups attached to an aromatic ring is 1. The first-order chi connectivity index (χ1) is 9.37. The number of hydrogen-bond donors (Lipinski definition) is 2. The number of nitrogens with zero attached hydrogens (tertiary/aromatic N) is 2. The third-order valence-electron chi connectivity index (χ3n) is 3.74. The summed E-state index contributed by atoms with van der Waals surface area (Å²) in [5.74, 6) is 0.181. The molecule has 0 amide bonds. The van der Waals surface area contributed by atoms with Gasteiger partial charge >= 0.3 is 0 Å². The average molecular weight is 319 g/mol. The molecule has 2 atom stereocenters. The molecule has 1 saturated heterocycles. The second-order valence-electron chi connectivity index (χ2n) is 5.08. The summed E-state index contributed by atoms with van der Waals surface area (Å²) >= 11 is 5.84. The van der Waals surface area contributed by atoms with Gasteiger partial charge in [-0.2, -0.15) is 4.31 Å². The Morgan fingerprint density at radius 3 is 2.90 bits per heavy atom. The van der Waals surface area contributed by atoms with E-state index in [1.165, 1.54) is 16.6 Å². The number of piperidine rings is 1. The van der Waals surface area contributed by atoms with E-state index in [1.807, 2.05) is 6.92 Å². The molecule has 1 aliphatic heterocycles. The fourth-order valence-corrected chi connectivity index (χ4v) is 4.71. The number of aromatic nitrogens is 1. The van der Waals surface area contributed by atoms with E-state index in [9.17, 15) is 8.42 Å². The van der Waals surface area contributed by atoms with Crippen molar-refractivity contribution in [1.29, 1.82) is 0 Å². The zero-order valence-corrected chi connectivity index (χ0v) is 12.9. The Morgan fingerprint density at radius 2 is 2.25 bits per heavy atom. The molecule has 1 aliphatic rings. The number of halogens is 1. The summed E-state index contributed by atoms with van der Waals surface area (Å²) in [7, 11) is -3.73. The van der Waals surface area contributed by atoms with E-state index in [0.717, 1.165) is 12.8 Å². The lowest BCUT2D eigenvalue weighted by atomic mass is 9.93. The first-order valence-electron chi connectivity index (χ1n) is 6.51. The standard InChI is InChI=1S/C12H19ClN4O2S/c1-8-3-2-4-17(10(8)6-14)20(18,19)11-5-9(13)7-16-12(11)15/h5,7-8,10H,2-4,6,14H2,1H3,(H2,15,16)/t8-,10+/m0/s1. The van der Waals surface area contributed by atoms with Gasteiger partial charge in [-0.3, -0.25) is 0 Å². The molecular formula is C12H19ClN4O2S. The predicted molar refractivity (Wildman–Crippen MR) is 78.8 cm³/mol. The quantitative estimate of drug-likeness (QED) is 0.867. The van der Waals surface area contributed by atoms with Gasteiger partial charge in [0.2, 0.25) is 10.0 Å². The molecule has 0 bridgehead atoms. The molecule has 0 aliphatic carbocycles. The summed E-state index contributed by atoms with van der Waals surface area (Å²) in [5.41, 5.74) is 11.4. The van der Waals surface area contributed by atoms with Gasteiger partial charge in [0.05, 0.1) is 5.02 Å². The highest BCUT2D eigenvalue weighted by Crippen LogP contribution is 2.31. The Kier molecular flexibility index (Phi) is 4.53. The lowest BCUT2D eigenvalue weighted by Gasteiger charge is -2.38. The van der Waals surface area contributed by atoms with Crippen LogP contribution in [0, 0.1) is 5.92 Å². The zero-order valence-electron chi connectivity index (χ0n) is 11.3. The molecule has 0 aromatic carbocycles. The first-order valence-corrected chi connectivity index (χ1v) is 8.32. The molecule has 2 rings (SSSR count). The van der Waals surface area contributed by atoms with Gasteiger partial charge < -0.3 is 11.5 Å². The Morgan fingerprint density at radius 1 is 1.55 bits per heavy atom. The van der Waals surface area contributed by atoms with Crippen LogP contribution in [0.25, 0.3) is 0 Å². The SMILES string of the molecule is C[C@H]1CCCN(S(=O)(=O)c2cc(Cl)cnc2N)[C@@H]1CN. The van der Waals surface area contributed by atoms with Gasteiger partial charge in [0.15, 0.2) is 0 Å². The second kappa shape index (κ2) is 5.85. The molecule has 4 N–H and O–H groups in total. The second-order valence-corrected chi connectivity index (χ2v) is 7.37. The molecule has 8 heteroatoms. The van der Waals surface area contributed by atoms with Crippen LogP contribution in [0.1, 0.15) is 19.8 Å². The van der Waals surface area contributed by atoms with Crippen LogP contribution in [0.3, 0.4) is 0 Å². The minimum atomic E-state index is -3.73. The largest absolute Gasteiger partial charge is 0.383 e. The topological polar surface area (TPSA) is 102 Å². The highest BCUT2D eigenvalue weighted by Gasteiger charge is 2.37. The average Bonchev–Trinajstić information content (AvgIpc) is 2.41. The van der Waals surface area contributed by atoms with Crippen LogP contribution in [0.4, 0.5) is 5.82 Å². The van der Waals surface area contributed by atoms with Crippen molar-refractivity contribution >= 4 is 27.4 Å². The Bertz CT molecular complexity index is 593. The van der Waals surface area contributed by atoms with Crippen LogP contribution >= 0.6 is 11.6 Å². The fourth-order valence-electron chi connectivity index (χ4n) is 2.62. The van der Waals surface area contributed by atoms with E-state index >= 15 is 0 Å². The predicted octanol–water partition coefficient (Wildman–Crippen LogP) is 1.07. The number of pyridine rings is 1. The third kappa shape index (κ3) is 2.76. The van der Waals surface area contributed by atoms with Crippen LogP contribution < -0.4 is 11.5 Å². The fraction of sp³-hybridized carbons (Fsp3) is 0.583. The van der Waals surface area contributed by atoms with Crippen molar-refractivity contribution in [2.45, 2.75) is 30.7 Å². The molecule has 2 heterocycles. The molecule has 1 fully saturated rings. The van der Waals surface area contributed by atoms with E-state index in [0.29, 0.717) is 6.54 Å². The smallest absolute Gasteiger partial charge is 0.247 e. The van der Waals surface area contributed by atoms with E-state index in [2.05, 4.69) is 4.98 Å². The molecule has 1 aromatic rings. The molecular weight excluding hydrogens is 300 g/mol. The van der Waals surface area contributed by atoms with Gasteiger partial charge in [-0.1, -0.05) is 18.5 Å². The van der Waals surface area contributed by atoms with Crippen LogP contribution in [0.5, 0.6) is 0 Å². The van der Waals surface area contributed by atoms with Crippen molar-refractivity contribution in [2.24, 2.45) is 11.7 Å². The lowest BCUT2D eigenvalue weighted by molar-refractivity contribution is 0.192. The van der Waals surface area contributed by atoms with Crippen LogP contribution in [-0.2, 0) is 10.0 Å². The van der Waals surface area contributed by atoms with Gasteiger partial charge in [-0.05, 0) is 24.8 Å². The van der Waals surface area contributed by atoms with Crippen molar-refractivity contribution < 1.29 is 8.42 Å². The van der Waals surface area contributed by atoms with E-state index in [1.54, 1.807) is 0 Å². The maximum Gasteiger partial charge on any atom is 0.247 e. The maximum absolute atomic E-state index is 12.8. The Labute approximate surface area is 124 Å². The number of sulfonamides is 1. The number of hydrogen-bond acceptors (Lipinski definition) is 5. The van der Waals surface area contributed by atoms with Gasteiger partial charge in [-0.15, -0.1) is 0 Å². The molecule has 1 aromatic heterocycles. The number of nitrogens with two attached hydrogens (primary N) is 2. The van der Waals surface area contributed by atoms with Crippen molar-refractivity contribution in [1.82, 2.24) is 9.29 Å². The molecule has 6 nitrogen and oxygen atoms in total. The van der Waals surface area contributed by atoms with Crippen LogP contribution in [-0.4, -0.2) is 36.8 Å². The molecule has 20 heavy (non-hydrogen) atoms. The van der Waals surface area contributed by atoms with E-state index in [-0.39, 0.29) is 34.2 Å². The molecule has 112 valence electrons. The molecule has 0 saturated carbocycles. The molecule has 0 unspecified atom stereocenters. The summed E-state index contributed by atoms with van der Waals surface area (Å²) in [4.78, 5) is 3.77. The van der Waals surface area contributed by atoms with Crippen LogP contribution in [0.15, 0.2) is 17.2 Å². The van der Waals surface area contributed by atoms with Crippen molar-refractivity contribution in [3.63, 3.8) is 0 Å². The molecule has 0 radical (unpaired) electrons. The summed E-state index contributed by atoms with van der Waals surface area (Å²) in [5, 5.41) is 0.243. The third-order valence-corrected chi connectivity index (χ3v) is 5.90. The summed E-state index contributed by atoms with van der Waals surface area (Å²) in [6.45, 7) is 2.74. The normalized spacial score (nSPS) is 24.8. The number of rotatable bonds is 3. The minimum absolute atomic E-state index is 0.0385. The Hall–Kier alpha value is -0.890. The summed E-state index contributed by atoms with van der Waals surface area (Å²) in [6.07, 6.45) is 3.11.